The second-order valence-corrected chi connectivity index (χ2v) is 3.89. The molecular weight excluding hydrogens is 214 g/mol. The molecular formula is C14H11NO2. The van der Waals surface area contributed by atoms with Gasteiger partial charge in [0.15, 0.2) is 6.23 Å². The fourth-order valence-corrected chi connectivity index (χ4v) is 1.91. The number of anilines is 1. The Balaban J connectivity index is 1.97. The third-order valence-corrected chi connectivity index (χ3v) is 2.76. The number of carbonyl (C=O) groups excluding carboxylic acids is 1. The smallest absolute Gasteiger partial charge is 0.342 e. The Bertz CT molecular complexity index is 551. The molecule has 1 aliphatic heterocycles. The van der Waals surface area contributed by atoms with E-state index in [2.05, 4.69) is 5.32 Å². The van der Waals surface area contributed by atoms with Gasteiger partial charge in [-0.15, -0.1) is 0 Å². The number of para-hydroxylation sites is 1. The van der Waals surface area contributed by atoms with Crippen LogP contribution < -0.4 is 5.32 Å². The van der Waals surface area contributed by atoms with Crippen LogP contribution in [0.2, 0.25) is 0 Å². The third kappa shape index (κ3) is 1.76. The summed E-state index contributed by atoms with van der Waals surface area (Å²) in [5, 5.41) is 3.20. The molecule has 1 aliphatic rings. The number of cyclic esters (lactones) is 1. The zero-order valence-electron chi connectivity index (χ0n) is 9.09. The van der Waals surface area contributed by atoms with E-state index in [0.717, 1.165) is 11.3 Å². The molecule has 3 nitrogen and oxygen atoms in total. The highest BCUT2D eigenvalue weighted by atomic mass is 16.6. The Morgan fingerprint density at radius 2 is 1.65 bits per heavy atom. The number of fused-ring (bicyclic) bond motifs is 1. The van der Waals surface area contributed by atoms with Crippen molar-refractivity contribution in [2.45, 2.75) is 6.23 Å². The molecule has 0 unspecified atom stereocenters. The summed E-state index contributed by atoms with van der Waals surface area (Å²) in [4.78, 5) is 11.8. The predicted octanol–water partition coefficient (Wildman–Crippen LogP) is 2.97. The highest BCUT2D eigenvalue weighted by Gasteiger charge is 2.25. The Morgan fingerprint density at radius 1 is 0.941 bits per heavy atom. The number of rotatable bonds is 1. The first-order chi connectivity index (χ1) is 8.34. The van der Waals surface area contributed by atoms with Crippen LogP contribution in [0.4, 0.5) is 5.69 Å². The van der Waals surface area contributed by atoms with Gasteiger partial charge in [0.05, 0.1) is 11.3 Å². The van der Waals surface area contributed by atoms with Gasteiger partial charge in [-0.3, -0.25) is 0 Å². The van der Waals surface area contributed by atoms with Crippen LogP contribution >= 0.6 is 0 Å². The molecule has 1 heterocycles. The molecule has 0 saturated carbocycles. The molecule has 0 amide bonds. The number of benzene rings is 2. The summed E-state index contributed by atoms with van der Waals surface area (Å²) in [7, 11) is 0. The van der Waals surface area contributed by atoms with Gasteiger partial charge in [0.25, 0.3) is 0 Å². The SMILES string of the molecule is O=C1O[C@@H](c2ccccc2)Nc2ccccc21. The van der Waals surface area contributed by atoms with Crippen LogP contribution in [0.5, 0.6) is 0 Å². The Kier molecular flexibility index (Phi) is 2.29. The van der Waals surface area contributed by atoms with Crippen molar-refractivity contribution in [2.75, 3.05) is 5.32 Å². The fourth-order valence-electron chi connectivity index (χ4n) is 1.91. The first-order valence-corrected chi connectivity index (χ1v) is 5.46. The molecule has 0 saturated heterocycles. The van der Waals surface area contributed by atoms with Crippen molar-refractivity contribution < 1.29 is 9.53 Å². The van der Waals surface area contributed by atoms with E-state index in [1.54, 1.807) is 6.07 Å². The van der Waals surface area contributed by atoms with Crippen LogP contribution in [0, 0.1) is 0 Å². The molecule has 0 aromatic heterocycles. The van der Waals surface area contributed by atoms with Crippen molar-refractivity contribution in [1.82, 2.24) is 0 Å². The maximum Gasteiger partial charge on any atom is 0.342 e. The highest BCUT2D eigenvalue weighted by Crippen LogP contribution is 2.29. The van der Waals surface area contributed by atoms with E-state index >= 15 is 0 Å². The number of carbonyl (C=O) groups is 1. The minimum atomic E-state index is -0.404. The summed E-state index contributed by atoms with van der Waals surface area (Å²) in [6.45, 7) is 0. The highest BCUT2D eigenvalue weighted by molar-refractivity contribution is 5.97. The maximum absolute atomic E-state index is 11.8. The molecule has 3 heteroatoms. The molecule has 0 radical (unpaired) electrons. The first-order valence-electron chi connectivity index (χ1n) is 5.46. The van der Waals surface area contributed by atoms with E-state index in [4.69, 9.17) is 4.74 Å². The van der Waals surface area contributed by atoms with Gasteiger partial charge in [-0.05, 0) is 12.1 Å². The van der Waals surface area contributed by atoms with Crippen LogP contribution in [-0.4, -0.2) is 5.97 Å². The van der Waals surface area contributed by atoms with Crippen molar-refractivity contribution in [3.8, 4) is 0 Å². The minimum absolute atomic E-state index is 0.284. The van der Waals surface area contributed by atoms with Crippen LogP contribution in [-0.2, 0) is 4.74 Å². The van der Waals surface area contributed by atoms with E-state index in [9.17, 15) is 4.79 Å². The number of nitrogens with one attached hydrogen (secondary N) is 1. The molecule has 0 aliphatic carbocycles. The lowest BCUT2D eigenvalue weighted by molar-refractivity contribution is 0.0330. The number of hydrogen-bond donors (Lipinski definition) is 1. The van der Waals surface area contributed by atoms with E-state index in [1.165, 1.54) is 0 Å². The molecule has 0 fully saturated rings. The molecule has 1 atom stereocenters. The lowest BCUT2D eigenvalue weighted by atomic mass is 10.1. The zero-order valence-corrected chi connectivity index (χ0v) is 9.09. The minimum Gasteiger partial charge on any atom is -0.434 e. The van der Waals surface area contributed by atoms with Crippen LogP contribution in [0.3, 0.4) is 0 Å². The van der Waals surface area contributed by atoms with E-state index in [-0.39, 0.29) is 5.97 Å². The van der Waals surface area contributed by atoms with Gasteiger partial charge >= 0.3 is 5.97 Å². The van der Waals surface area contributed by atoms with Crippen molar-refractivity contribution in [2.24, 2.45) is 0 Å². The summed E-state index contributed by atoms with van der Waals surface area (Å²) >= 11 is 0. The molecule has 1 N–H and O–H groups in total. The molecule has 84 valence electrons. The molecule has 0 bridgehead atoms. The van der Waals surface area contributed by atoms with Crippen LogP contribution in [0.15, 0.2) is 54.6 Å². The monoisotopic (exact) mass is 225 g/mol. The third-order valence-electron chi connectivity index (χ3n) is 2.76. The summed E-state index contributed by atoms with van der Waals surface area (Å²) in [5.41, 5.74) is 2.34. The van der Waals surface area contributed by atoms with E-state index in [1.807, 2.05) is 48.5 Å². The normalized spacial score (nSPS) is 17.9. The number of hydrogen-bond acceptors (Lipinski definition) is 3. The van der Waals surface area contributed by atoms with Crippen molar-refractivity contribution in [3.63, 3.8) is 0 Å². The zero-order chi connectivity index (χ0) is 11.7. The van der Waals surface area contributed by atoms with Crippen LogP contribution in [0.25, 0.3) is 0 Å². The van der Waals surface area contributed by atoms with E-state index < -0.39 is 6.23 Å². The Hall–Kier alpha value is -2.29. The molecule has 2 aromatic carbocycles. The topological polar surface area (TPSA) is 38.3 Å². The van der Waals surface area contributed by atoms with Gasteiger partial charge in [0, 0.05) is 5.56 Å². The van der Waals surface area contributed by atoms with Gasteiger partial charge in [-0.1, -0.05) is 42.5 Å². The summed E-state index contributed by atoms with van der Waals surface area (Å²) in [6.07, 6.45) is -0.404. The molecule has 3 rings (SSSR count). The van der Waals surface area contributed by atoms with Gasteiger partial charge < -0.3 is 10.1 Å². The second-order valence-electron chi connectivity index (χ2n) is 3.89. The standard InChI is InChI=1S/C14H11NO2/c16-14-11-8-4-5-9-12(11)15-13(17-14)10-6-2-1-3-7-10/h1-9,13,15H/t13-/m0/s1. The van der Waals surface area contributed by atoms with Crippen molar-refractivity contribution in [1.29, 1.82) is 0 Å². The van der Waals surface area contributed by atoms with Gasteiger partial charge in [-0.25, -0.2) is 4.79 Å². The molecule has 2 aromatic rings. The average Bonchev–Trinajstić information content (AvgIpc) is 2.40. The maximum atomic E-state index is 11.8. The molecule has 0 spiro atoms. The Morgan fingerprint density at radius 3 is 2.47 bits per heavy atom. The lowest BCUT2D eigenvalue weighted by Gasteiger charge is -2.26. The molecule has 17 heavy (non-hydrogen) atoms. The van der Waals surface area contributed by atoms with Crippen molar-refractivity contribution >= 4 is 11.7 Å². The first kappa shape index (κ1) is 9.90. The quantitative estimate of drug-likeness (QED) is 0.758. The number of ether oxygens (including phenoxy) is 1. The van der Waals surface area contributed by atoms with Gasteiger partial charge in [0.2, 0.25) is 0 Å². The van der Waals surface area contributed by atoms with Crippen LogP contribution in [0.1, 0.15) is 22.1 Å². The summed E-state index contributed by atoms with van der Waals surface area (Å²) in [5.74, 6) is -0.284. The fraction of sp³-hybridized carbons (Fsp3) is 0.0714. The van der Waals surface area contributed by atoms with E-state index in [0.29, 0.717) is 5.56 Å². The van der Waals surface area contributed by atoms with Crippen molar-refractivity contribution in [3.05, 3.63) is 65.7 Å². The Labute approximate surface area is 99.0 Å². The summed E-state index contributed by atoms with van der Waals surface area (Å²) < 4.78 is 5.35. The second kappa shape index (κ2) is 3.94. The van der Waals surface area contributed by atoms with Gasteiger partial charge in [0.1, 0.15) is 0 Å². The largest absolute Gasteiger partial charge is 0.434 e. The van der Waals surface area contributed by atoms with Gasteiger partial charge in [-0.2, -0.15) is 0 Å². The average molecular weight is 225 g/mol. The predicted molar refractivity (Wildman–Crippen MR) is 64.7 cm³/mol. The number of esters is 1. The summed E-state index contributed by atoms with van der Waals surface area (Å²) in [6, 6.07) is 17.0. The lowest BCUT2D eigenvalue weighted by Crippen LogP contribution is -2.25.